The first-order valence-electron chi connectivity index (χ1n) is 8.43. The van der Waals surface area contributed by atoms with Crippen LogP contribution in [0, 0.1) is 13.8 Å². The Morgan fingerprint density at radius 3 is 1.96 bits per heavy atom. The summed E-state index contributed by atoms with van der Waals surface area (Å²) >= 11 is 0. The molecule has 0 saturated carbocycles. The molecule has 0 saturated heterocycles. The molecule has 0 unspecified atom stereocenters. The molecular weight excluding hydrogens is 308 g/mol. The van der Waals surface area contributed by atoms with Crippen LogP contribution in [0.2, 0.25) is 0 Å². The maximum atomic E-state index is 10.6. The van der Waals surface area contributed by atoms with E-state index < -0.39 is 0 Å². The first-order chi connectivity index (χ1) is 12.1. The van der Waals surface area contributed by atoms with Crippen molar-refractivity contribution in [3.63, 3.8) is 0 Å². The Labute approximate surface area is 147 Å². The zero-order valence-electron chi connectivity index (χ0n) is 14.6. The number of allylic oxidation sites excluding steroid dienone is 1. The van der Waals surface area contributed by atoms with E-state index in [0.29, 0.717) is 0 Å². The smallest absolute Gasteiger partial charge is 0.199 e. The van der Waals surface area contributed by atoms with Gasteiger partial charge in [0.15, 0.2) is 5.88 Å². The standard InChI is InChI=1S/C22H20N2O/c1-4-17-18-19(21(23-17)16-11-7-14(3)8-12-16)22(25)24-20(18)15-9-5-13(2)6-10-15/h4-12,24-25H,1-3H3. The SMILES string of the molecule is CC=C1N=C(c2ccc(C)cc2)c2c(O)[nH]c(-c3ccc(C)cc3)c21. The summed E-state index contributed by atoms with van der Waals surface area (Å²) in [6.07, 6.45) is 1.99. The third-order valence-electron chi connectivity index (χ3n) is 4.64. The van der Waals surface area contributed by atoms with Crippen LogP contribution in [0.5, 0.6) is 5.88 Å². The molecule has 25 heavy (non-hydrogen) atoms. The molecule has 0 radical (unpaired) electrons. The van der Waals surface area contributed by atoms with Crippen molar-refractivity contribution in [1.29, 1.82) is 0 Å². The number of nitrogens with zero attached hydrogens (tertiary/aromatic N) is 1. The number of hydrogen-bond acceptors (Lipinski definition) is 2. The van der Waals surface area contributed by atoms with Gasteiger partial charge in [0.05, 0.1) is 22.7 Å². The van der Waals surface area contributed by atoms with Gasteiger partial charge in [-0.25, -0.2) is 4.99 Å². The van der Waals surface area contributed by atoms with Crippen molar-refractivity contribution in [3.8, 4) is 17.1 Å². The highest BCUT2D eigenvalue weighted by Gasteiger charge is 2.30. The van der Waals surface area contributed by atoms with Crippen LogP contribution < -0.4 is 0 Å². The second-order valence-corrected chi connectivity index (χ2v) is 6.46. The minimum absolute atomic E-state index is 0.168. The monoisotopic (exact) mass is 328 g/mol. The lowest BCUT2D eigenvalue weighted by Gasteiger charge is -2.03. The molecule has 3 heteroatoms. The molecule has 2 N–H and O–H groups in total. The molecule has 0 amide bonds. The summed E-state index contributed by atoms with van der Waals surface area (Å²) in [4.78, 5) is 7.96. The van der Waals surface area contributed by atoms with Gasteiger partial charge in [0, 0.05) is 11.1 Å². The zero-order chi connectivity index (χ0) is 17.6. The van der Waals surface area contributed by atoms with Gasteiger partial charge < -0.3 is 10.1 Å². The maximum absolute atomic E-state index is 10.6. The predicted octanol–water partition coefficient (Wildman–Crippen LogP) is 5.22. The summed E-state index contributed by atoms with van der Waals surface area (Å²) < 4.78 is 0. The van der Waals surface area contributed by atoms with Crippen molar-refractivity contribution in [2.75, 3.05) is 0 Å². The number of nitrogens with one attached hydrogen (secondary N) is 1. The Hall–Kier alpha value is -3.07. The summed E-state index contributed by atoms with van der Waals surface area (Å²) in [7, 11) is 0. The van der Waals surface area contributed by atoms with Gasteiger partial charge in [-0.1, -0.05) is 65.7 Å². The number of aryl methyl sites for hydroxylation is 2. The van der Waals surface area contributed by atoms with Crippen LogP contribution in [0.4, 0.5) is 0 Å². The molecule has 3 aromatic rings. The lowest BCUT2D eigenvalue weighted by Crippen LogP contribution is -1.99. The van der Waals surface area contributed by atoms with Crippen molar-refractivity contribution in [2.45, 2.75) is 20.8 Å². The van der Waals surface area contributed by atoms with Crippen molar-refractivity contribution in [2.24, 2.45) is 4.99 Å². The van der Waals surface area contributed by atoms with E-state index >= 15 is 0 Å². The third-order valence-corrected chi connectivity index (χ3v) is 4.64. The number of aromatic amines is 1. The zero-order valence-corrected chi connectivity index (χ0v) is 14.6. The highest BCUT2D eigenvalue weighted by atomic mass is 16.3. The van der Waals surface area contributed by atoms with Gasteiger partial charge in [-0.05, 0) is 26.3 Å². The Bertz CT molecular complexity index is 1000. The number of aromatic hydroxyl groups is 1. The Kier molecular flexibility index (Phi) is 3.57. The minimum atomic E-state index is 0.168. The van der Waals surface area contributed by atoms with Crippen molar-refractivity contribution >= 4 is 11.4 Å². The van der Waals surface area contributed by atoms with E-state index in [1.54, 1.807) is 0 Å². The third kappa shape index (κ3) is 2.49. The van der Waals surface area contributed by atoms with Crippen LogP contribution in [0.1, 0.15) is 34.7 Å². The topological polar surface area (TPSA) is 48.4 Å². The quantitative estimate of drug-likeness (QED) is 0.666. The molecule has 0 spiro atoms. The first kappa shape index (κ1) is 15.5. The Balaban J connectivity index is 1.91. The molecule has 0 atom stereocenters. The number of benzene rings is 2. The molecule has 4 rings (SSSR count). The number of fused-ring (bicyclic) bond motifs is 1. The van der Waals surface area contributed by atoms with Gasteiger partial charge in [-0.2, -0.15) is 0 Å². The summed E-state index contributed by atoms with van der Waals surface area (Å²) in [6.45, 7) is 6.10. The molecule has 1 aromatic heterocycles. The molecule has 0 aliphatic carbocycles. The van der Waals surface area contributed by atoms with E-state index in [4.69, 9.17) is 4.99 Å². The van der Waals surface area contributed by atoms with Gasteiger partial charge >= 0.3 is 0 Å². The van der Waals surface area contributed by atoms with Crippen molar-refractivity contribution in [1.82, 2.24) is 4.98 Å². The fourth-order valence-corrected chi connectivity index (χ4v) is 3.27. The highest BCUT2D eigenvalue weighted by molar-refractivity contribution is 6.23. The number of aliphatic imine (C=N–C) groups is 1. The van der Waals surface area contributed by atoms with E-state index in [2.05, 4.69) is 67.4 Å². The highest BCUT2D eigenvalue weighted by Crippen LogP contribution is 2.43. The second-order valence-electron chi connectivity index (χ2n) is 6.46. The van der Waals surface area contributed by atoms with Crippen LogP contribution in [-0.4, -0.2) is 15.8 Å². The molecular formula is C22H20N2O. The van der Waals surface area contributed by atoms with Gasteiger partial charge in [0.1, 0.15) is 0 Å². The number of hydrogen-bond donors (Lipinski definition) is 2. The number of aromatic nitrogens is 1. The molecule has 3 nitrogen and oxygen atoms in total. The summed E-state index contributed by atoms with van der Waals surface area (Å²) in [6, 6.07) is 16.5. The van der Waals surface area contributed by atoms with Crippen molar-refractivity contribution < 1.29 is 5.11 Å². The van der Waals surface area contributed by atoms with E-state index in [0.717, 1.165) is 39.4 Å². The molecule has 2 heterocycles. The van der Waals surface area contributed by atoms with Crippen LogP contribution in [-0.2, 0) is 0 Å². The van der Waals surface area contributed by atoms with Gasteiger partial charge in [0.25, 0.3) is 0 Å². The van der Waals surface area contributed by atoms with Gasteiger partial charge in [-0.3, -0.25) is 0 Å². The van der Waals surface area contributed by atoms with Crippen LogP contribution in [0.3, 0.4) is 0 Å². The molecule has 1 aliphatic heterocycles. The Morgan fingerprint density at radius 2 is 1.40 bits per heavy atom. The largest absolute Gasteiger partial charge is 0.494 e. The normalized spacial score (nSPS) is 14.7. The van der Waals surface area contributed by atoms with E-state index in [9.17, 15) is 5.11 Å². The fourth-order valence-electron chi connectivity index (χ4n) is 3.27. The summed E-state index contributed by atoms with van der Waals surface area (Å²) in [5.41, 5.74) is 8.83. The molecule has 1 aliphatic rings. The minimum Gasteiger partial charge on any atom is -0.494 e. The van der Waals surface area contributed by atoms with Crippen molar-refractivity contribution in [3.05, 3.63) is 82.4 Å². The Morgan fingerprint density at radius 1 is 0.840 bits per heavy atom. The maximum Gasteiger partial charge on any atom is 0.199 e. The lowest BCUT2D eigenvalue weighted by molar-refractivity contribution is 0.456. The van der Waals surface area contributed by atoms with Gasteiger partial charge in [0.2, 0.25) is 0 Å². The van der Waals surface area contributed by atoms with E-state index in [1.807, 2.05) is 13.0 Å². The molecule has 0 bridgehead atoms. The van der Waals surface area contributed by atoms with E-state index in [1.165, 1.54) is 11.1 Å². The lowest BCUT2D eigenvalue weighted by atomic mass is 9.98. The molecule has 0 fully saturated rings. The first-order valence-corrected chi connectivity index (χ1v) is 8.43. The van der Waals surface area contributed by atoms with Gasteiger partial charge in [-0.15, -0.1) is 0 Å². The molecule has 2 aromatic carbocycles. The molecule has 124 valence electrons. The predicted molar refractivity (Wildman–Crippen MR) is 103 cm³/mol. The number of H-pyrrole nitrogens is 1. The second kappa shape index (κ2) is 5.78. The van der Waals surface area contributed by atoms with Crippen LogP contribution in [0.15, 0.2) is 59.6 Å². The number of rotatable bonds is 2. The fraction of sp³-hybridized carbons (Fsp3) is 0.136. The summed E-state index contributed by atoms with van der Waals surface area (Å²) in [5.74, 6) is 0.168. The average Bonchev–Trinajstić information content (AvgIpc) is 3.15. The summed E-state index contributed by atoms with van der Waals surface area (Å²) in [5, 5.41) is 10.6. The van der Waals surface area contributed by atoms with Crippen LogP contribution >= 0.6 is 0 Å². The average molecular weight is 328 g/mol. The van der Waals surface area contributed by atoms with E-state index in [-0.39, 0.29) is 5.88 Å². The van der Waals surface area contributed by atoms with Crippen LogP contribution in [0.25, 0.3) is 17.0 Å².